The molecule has 1 unspecified atom stereocenters. The van der Waals surface area contributed by atoms with Crippen LogP contribution in [0.15, 0.2) is 291 Å². The third-order valence-corrected chi connectivity index (χ3v) is 16.1. The van der Waals surface area contributed by atoms with Gasteiger partial charge in [-0.15, -0.1) is 0 Å². The van der Waals surface area contributed by atoms with E-state index in [0.29, 0.717) is 0 Å². The fourth-order valence-corrected chi connectivity index (χ4v) is 12.6. The van der Waals surface area contributed by atoms with Gasteiger partial charge in [-0.2, -0.15) is 0 Å². The molecule has 3 aliphatic rings. The summed E-state index contributed by atoms with van der Waals surface area (Å²) in [5, 5.41) is 0. The van der Waals surface area contributed by atoms with Crippen LogP contribution < -0.4 is 4.90 Å². The Morgan fingerprint density at radius 1 is 0.365 bits per heavy atom. The summed E-state index contributed by atoms with van der Waals surface area (Å²) in [5.74, 6) is 0. The highest BCUT2D eigenvalue weighted by Gasteiger charge is 2.54. The molecular weight excluding hydrogens is 891 g/mol. The zero-order valence-electron chi connectivity index (χ0n) is 42.6. The van der Waals surface area contributed by atoms with Crippen molar-refractivity contribution >= 4 is 11.4 Å². The molecule has 0 N–H and O–H groups in total. The molecule has 10 aromatic carbocycles. The normalized spacial score (nSPS) is 16.1. The molecule has 0 saturated carbocycles. The second-order valence-corrected chi connectivity index (χ2v) is 20.3. The molecule has 1 heteroatoms. The molecule has 0 heterocycles. The third-order valence-electron chi connectivity index (χ3n) is 16.1. The largest absolute Gasteiger partial charge is 0.344 e. The summed E-state index contributed by atoms with van der Waals surface area (Å²) in [6.07, 6.45) is 11.4. The van der Waals surface area contributed by atoms with Crippen LogP contribution in [0.4, 0.5) is 11.4 Å². The Bertz CT molecular complexity index is 3680. The molecule has 0 aliphatic heterocycles. The second kappa shape index (κ2) is 19.0. The number of fused-ring (bicyclic) bond motifs is 10. The minimum Gasteiger partial charge on any atom is -0.344 e. The average Bonchev–Trinajstić information content (AvgIpc) is 3.90. The van der Waals surface area contributed by atoms with Crippen molar-refractivity contribution in [1.29, 1.82) is 0 Å². The molecule has 1 nitrogen and oxygen atoms in total. The number of benzene rings is 10. The van der Waals surface area contributed by atoms with E-state index in [2.05, 4.69) is 318 Å². The van der Waals surface area contributed by atoms with Gasteiger partial charge in [-0.1, -0.05) is 275 Å². The topological polar surface area (TPSA) is 3.24 Å². The first-order chi connectivity index (χ1) is 36.4. The van der Waals surface area contributed by atoms with Crippen molar-refractivity contribution in [2.75, 3.05) is 11.9 Å². The van der Waals surface area contributed by atoms with E-state index in [9.17, 15) is 0 Å². The van der Waals surface area contributed by atoms with Crippen molar-refractivity contribution in [3.8, 4) is 44.5 Å². The van der Waals surface area contributed by atoms with Crippen LogP contribution in [0.5, 0.6) is 0 Å². The summed E-state index contributed by atoms with van der Waals surface area (Å²) in [4.78, 5) is 2.38. The Hall–Kier alpha value is -8.78. The first-order valence-corrected chi connectivity index (χ1v) is 26.0. The molecule has 1 atom stereocenters. The van der Waals surface area contributed by atoms with Crippen molar-refractivity contribution in [2.24, 2.45) is 0 Å². The smallest absolute Gasteiger partial charge is 0.0715 e. The van der Waals surface area contributed by atoms with Gasteiger partial charge in [-0.3, -0.25) is 0 Å². The monoisotopic (exact) mass is 949 g/mol. The fourth-order valence-electron chi connectivity index (χ4n) is 12.6. The zero-order chi connectivity index (χ0) is 50.3. The van der Waals surface area contributed by atoms with E-state index in [-0.39, 0.29) is 5.41 Å². The predicted octanol–water partition coefficient (Wildman–Crippen LogP) is 18.5. The molecule has 0 saturated heterocycles. The van der Waals surface area contributed by atoms with E-state index in [0.717, 1.165) is 11.4 Å². The van der Waals surface area contributed by atoms with Crippen molar-refractivity contribution in [3.05, 3.63) is 335 Å². The van der Waals surface area contributed by atoms with Gasteiger partial charge in [-0.05, 0) is 120 Å². The second-order valence-electron chi connectivity index (χ2n) is 20.3. The SMILES string of the molecule is C/C=C\C=C/C1=CC(c2ccccc2)(c2ccccc2)c2ccccc2C12c1ccccc1-c1ccc(N(C)c3ccc(-c4ccccc4)cc3-c3ccccc3)cc12.CC1(C)c2ccccc2-c2ccccc21. The van der Waals surface area contributed by atoms with E-state index in [1.807, 2.05) is 0 Å². The van der Waals surface area contributed by atoms with Crippen LogP contribution in [0.2, 0.25) is 0 Å². The van der Waals surface area contributed by atoms with Crippen molar-refractivity contribution in [1.82, 2.24) is 0 Å². The van der Waals surface area contributed by atoms with Crippen LogP contribution in [0.3, 0.4) is 0 Å². The van der Waals surface area contributed by atoms with E-state index >= 15 is 0 Å². The van der Waals surface area contributed by atoms with Crippen LogP contribution in [0, 0.1) is 0 Å². The van der Waals surface area contributed by atoms with Gasteiger partial charge in [-0.25, -0.2) is 0 Å². The molecule has 74 heavy (non-hydrogen) atoms. The molecule has 0 radical (unpaired) electrons. The first kappa shape index (κ1) is 46.3. The lowest BCUT2D eigenvalue weighted by Crippen LogP contribution is -2.41. The average molecular weight is 950 g/mol. The fraction of sp³-hybridized carbons (Fsp3) is 0.0959. The van der Waals surface area contributed by atoms with Gasteiger partial charge < -0.3 is 4.90 Å². The molecule has 0 bridgehead atoms. The first-order valence-electron chi connectivity index (χ1n) is 26.0. The van der Waals surface area contributed by atoms with Crippen LogP contribution in [0.25, 0.3) is 44.5 Å². The van der Waals surface area contributed by atoms with Gasteiger partial charge in [0.1, 0.15) is 0 Å². The molecular formula is C73H59N. The summed E-state index contributed by atoms with van der Waals surface area (Å²) >= 11 is 0. The third kappa shape index (κ3) is 7.45. The standard InChI is InChI=1S/C58H45N.C15H14/c1-3-4-9-30-47-41-57(45-26-14-7-15-27-45,46-28-16-8-17-29-46)53-33-20-21-34-54(53)58(47)52-32-19-18-31-49(52)50-37-36-48(40-55(50)58)59(2)56-38-35-44(42-22-10-5-11-23-42)39-51(56)43-24-12-6-13-25-43;1-15(2)13-9-5-3-7-11(13)12-8-4-6-10-14(12)15/h3-41H,1-2H3;3-10H,1-2H3/b4-3-,30-9-;. The van der Waals surface area contributed by atoms with Gasteiger partial charge in [0, 0.05) is 29.4 Å². The van der Waals surface area contributed by atoms with E-state index < -0.39 is 10.8 Å². The van der Waals surface area contributed by atoms with E-state index in [1.54, 1.807) is 0 Å². The van der Waals surface area contributed by atoms with Gasteiger partial charge >= 0.3 is 0 Å². The van der Waals surface area contributed by atoms with Crippen molar-refractivity contribution in [3.63, 3.8) is 0 Å². The minimum absolute atomic E-state index is 0.160. The molecule has 0 aromatic heterocycles. The van der Waals surface area contributed by atoms with Gasteiger partial charge in [0.05, 0.1) is 10.8 Å². The Kier molecular flexibility index (Phi) is 11.9. The van der Waals surface area contributed by atoms with Gasteiger partial charge in [0.15, 0.2) is 0 Å². The van der Waals surface area contributed by atoms with Gasteiger partial charge in [0.2, 0.25) is 0 Å². The molecule has 10 aromatic rings. The summed E-state index contributed by atoms with van der Waals surface area (Å²) in [5.41, 5.74) is 23.3. The lowest BCUT2D eigenvalue weighted by molar-refractivity contribution is 0.650. The molecule has 0 fully saturated rings. The number of hydrogen-bond donors (Lipinski definition) is 0. The number of rotatable bonds is 8. The molecule has 3 aliphatic carbocycles. The van der Waals surface area contributed by atoms with Crippen LogP contribution in [-0.4, -0.2) is 7.05 Å². The zero-order valence-corrected chi connectivity index (χ0v) is 42.6. The molecule has 356 valence electrons. The number of anilines is 2. The maximum atomic E-state index is 2.58. The molecule has 1 spiro atoms. The number of hydrogen-bond acceptors (Lipinski definition) is 1. The Morgan fingerprint density at radius 3 is 1.42 bits per heavy atom. The highest BCUT2D eigenvalue weighted by atomic mass is 15.1. The van der Waals surface area contributed by atoms with Crippen LogP contribution in [0.1, 0.15) is 65.3 Å². The Balaban J connectivity index is 0.000000315. The summed E-state index contributed by atoms with van der Waals surface area (Å²) in [6.45, 7) is 6.69. The van der Waals surface area contributed by atoms with Gasteiger partial charge in [0.25, 0.3) is 0 Å². The summed E-state index contributed by atoms with van der Waals surface area (Å²) in [7, 11) is 2.22. The van der Waals surface area contributed by atoms with Crippen molar-refractivity contribution < 1.29 is 0 Å². The minimum atomic E-state index is -0.579. The van der Waals surface area contributed by atoms with Crippen molar-refractivity contribution in [2.45, 2.75) is 37.0 Å². The number of nitrogens with zero attached hydrogens (tertiary/aromatic N) is 1. The quantitative estimate of drug-likeness (QED) is 0.137. The Labute approximate surface area is 437 Å². The predicted molar refractivity (Wildman–Crippen MR) is 312 cm³/mol. The van der Waals surface area contributed by atoms with E-state index in [4.69, 9.17) is 0 Å². The van der Waals surface area contributed by atoms with E-state index in [1.165, 1.54) is 94.6 Å². The Morgan fingerprint density at radius 2 is 0.838 bits per heavy atom. The van der Waals surface area contributed by atoms with Crippen LogP contribution >= 0.6 is 0 Å². The van der Waals surface area contributed by atoms with Crippen LogP contribution in [-0.2, 0) is 16.2 Å². The highest BCUT2D eigenvalue weighted by Crippen LogP contribution is 2.63. The summed E-state index contributed by atoms with van der Waals surface area (Å²) < 4.78 is 0. The summed E-state index contributed by atoms with van der Waals surface area (Å²) in [6, 6.07) is 93.4. The molecule has 0 amide bonds. The number of allylic oxidation sites excluding steroid dienone is 6. The highest BCUT2D eigenvalue weighted by molar-refractivity contribution is 5.92. The maximum absolute atomic E-state index is 2.58. The molecule has 13 rings (SSSR count). The lowest BCUT2D eigenvalue weighted by atomic mass is 9.54. The lowest BCUT2D eigenvalue weighted by Gasteiger charge is -2.47. The maximum Gasteiger partial charge on any atom is 0.0715 e.